The molecule has 0 atom stereocenters. The van der Waals surface area contributed by atoms with Gasteiger partial charge in [0, 0.05) is 11.4 Å². The van der Waals surface area contributed by atoms with Crippen molar-refractivity contribution in [1.29, 1.82) is 0 Å². The summed E-state index contributed by atoms with van der Waals surface area (Å²) >= 11 is 6.08. The van der Waals surface area contributed by atoms with Gasteiger partial charge in [-0.2, -0.15) is 0 Å². The summed E-state index contributed by atoms with van der Waals surface area (Å²) in [7, 11) is 0. The van der Waals surface area contributed by atoms with Gasteiger partial charge in [-0.05, 0) is 36.2 Å². The van der Waals surface area contributed by atoms with Gasteiger partial charge < -0.3 is 16.2 Å². The van der Waals surface area contributed by atoms with E-state index < -0.39 is 5.97 Å². The van der Waals surface area contributed by atoms with Crippen LogP contribution in [0.25, 0.3) is 0 Å². The van der Waals surface area contributed by atoms with Gasteiger partial charge in [0.25, 0.3) is 0 Å². The summed E-state index contributed by atoms with van der Waals surface area (Å²) in [6.45, 7) is 2.07. The summed E-state index contributed by atoms with van der Waals surface area (Å²) in [4.78, 5) is 11.3. The van der Waals surface area contributed by atoms with Crippen LogP contribution in [0.4, 0.5) is 17.1 Å². The number of aryl methyl sites for hydroxylation is 1. The lowest BCUT2D eigenvalue weighted by molar-refractivity contribution is 0.0698. The summed E-state index contributed by atoms with van der Waals surface area (Å²) in [5.41, 5.74) is 8.32. The number of hydrogen-bond acceptors (Lipinski definition) is 3. The maximum Gasteiger partial charge on any atom is 0.337 e. The lowest BCUT2D eigenvalue weighted by Gasteiger charge is -2.13. The molecule has 0 aromatic heterocycles. The molecule has 2 aromatic rings. The first kappa shape index (κ1) is 14.2. The molecule has 20 heavy (non-hydrogen) atoms. The van der Waals surface area contributed by atoms with Gasteiger partial charge >= 0.3 is 5.97 Å². The van der Waals surface area contributed by atoms with Crippen LogP contribution in [0, 0.1) is 0 Å². The molecule has 0 aliphatic carbocycles. The van der Waals surface area contributed by atoms with Gasteiger partial charge in [-0.1, -0.05) is 30.7 Å². The minimum Gasteiger partial charge on any atom is -0.478 e. The number of benzene rings is 2. The number of carboxylic acids is 1. The summed E-state index contributed by atoms with van der Waals surface area (Å²) in [6, 6.07) is 10.6. The maximum atomic E-state index is 11.3. The second kappa shape index (κ2) is 5.84. The Balaban J connectivity index is 2.39. The molecule has 104 valence electrons. The topological polar surface area (TPSA) is 75.3 Å². The van der Waals surface area contributed by atoms with Crippen molar-refractivity contribution in [3.63, 3.8) is 0 Å². The highest BCUT2D eigenvalue weighted by atomic mass is 35.5. The van der Waals surface area contributed by atoms with Gasteiger partial charge in [0.2, 0.25) is 0 Å². The van der Waals surface area contributed by atoms with Crippen molar-refractivity contribution in [2.75, 3.05) is 11.1 Å². The third kappa shape index (κ3) is 3.03. The number of aromatic carboxylic acids is 1. The number of anilines is 3. The van der Waals surface area contributed by atoms with Crippen molar-refractivity contribution >= 4 is 34.6 Å². The van der Waals surface area contributed by atoms with E-state index in [0.29, 0.717) is 11.4 Å². The van der Waals surface area contributed by atoms with E-state index in [4.69, 9.17) is 17.3 Å². The van der Waals surface area contributed by atoms with Gasteiger partial charge in [-0.15, -0.1) is 0 Å². The highest BCUT2D eigenvalue weighted by molar-refractivity contribution is 6.34. The number of hydrogen-bond donors (Lipinski definition) is 3. The molecule has 5 heteroatoms. The van der Waals surface area contributed by atoms with Crippen molar-refractivity contribution in [2.45, 2.75) is 13.3 Å². The second-order valence-corrected chi connectivity index (χ2v) is 4.81. The quantitative estimate of drug-likeness (QED) is 0.746. The molecule has 0 amide bonds. The minimum absolute atomic E-state index is 0.0505. The van der Waals surface area contributed by atoms with Crippen molar-refractivity contribution < 1.29 is 9.90 Å². The minimum atomic E-state index is -1.08. The first-order valence-electron chi connectivity index (χ1n) is 6.19. The van der Waals surface area contributed by atoms with Crippen LogP contribution in [-0.2, 0) is 6.42 Å². The first-order chi connectivity index (χ1) is 9.51. The lowest BCUT2D eigenvalue weighted by atomic mass is 10.1. The van der Waals surface area contributed by atoms with Crippen LogP contribution in [0.5, 0.6) is 0 Å². The number of carboxylic acid groups (broad SMARTS) is 1. The largest absolute Gasteiger partial charge is 0.478 e. The number of halogens is 1. The van der Waals surface area contributed by atoms with E-state index in [1.54, 1.807) is 0 Å². The molecule has 0 heterocycles. The van der Waals surface area contributed by atoms with Crippen LogP contribution in [0.1, 0.15) is 22.8 Å². The fourth-order valence-electron chi connectivity index (χ4n) is 1.89. The van der Waals surface area contributed by atoms with Crippen molar-refractivity contribution in [1.82, 2.24) is 0 Å². The molecule has 4 nitrogen and oxygen atoms in total. The predicted octanol–water partition coefficient (Wildman–Crippen LogP) is 3.93. The van der Waals surface area contributed by atoms with Gasteiger partial charge in [0.15, 0.2) is 0 Å². The Morgan fingerprint density at radius 2 is 1.95 bits per heavy atom. The van der Waals surface area contributed by atoms with E-state index in [1.165, 1.54) is 17.7 Å². The molecule has 0 bridgehead atoms. The molecule has 0 radical (unpaired) electrons. The average molecular weight is 291 g/mol. The molecule has 0 spiro atoms. The van der Waals surface area contributed by atoms with Gasteiger partial charge in [-0.25, -0.2) is 4.79 Å². The van der Waals surface area contributed by atoms with Crippen LogP contribution in [-0.4, -0.2) is 11.1 Å². The summed E-state index contributed by atoms with van der Waals surface area (Å²) < 4.78 is 0. The highest BCUT2D eigenvalue weighted by Gasteiger charge is 2.15. The fourth-order valence-corrected chi connectivity index (χ4v) is 2.17. The molecule has 0 aliphatic rings. The Bertz CT molecular complexity index is 639. The van der Waals surface area contributed by atoms with Crippen LogP contribution < -0.4 is 11.1 Å². The van der Waals surface area contributed by atoms with Gasteiger partial charge in [0.1, 0.15) is 0 Å². The molecule has 0 saturated carbocycles. The molecule has 2 rings (SSSR count). The van der Waals surface area contributed by atoms with Crippen molar-refractivity contribution in [3.8, 4) is 0 Å². The molecule has 0 aliphatic heterocycles. The Morgan fingerprint density at radius 1 is 1.30 bits per heavy atom. The number of nitrogens with two attached hydrogens (primary N) is 1. The summed E-state index contributed by atoms with van der Waals surface area (Å²) in [5, 5.41) is 12.5. The predicted molar refractivity (Wildman–Crippen MR) is 81.9 cm³/mol. The molecule has 0 fully saturated rings. The monoisotopic (exact) mass is 290 g/mol. The Morgan fingerprint density at radius 3 is 2.50 bits per heavy atom. The third-order valence-electron chi connectivity index (χ3n) is 2.97. The van der Waals surface area contributed by atoms with Crippen LogP contribution >= 0.6 is 11.6 Å². The molecular weight excluding hydrogens is 276 g/mol. The van der Waals surface area contributed by atoms with Crippen molar-refractivity contribution in [3.05, 3.63) is 52.5 Å². The number of rotatable bonds is 4. The normalized spacial score (nSPS) is 10.3. The Hall–Kier alpha value is -2.20. The average Bonchev–Trinajstić information content (AvgIpc) is 2.42. The molecular formula is C15H15ClN2O2. The maximum absolute atomic E-state index is 11.3. The van der Waals surface area contributed by atoms with E-state index in [1.807, 2.05) is 24.3 Å². The Labute approximate surface area is 122 Å². The highest BCUT2D eigenvalue weighted by Crippen LogP contribution is 2.32. The second-order valence-electron chi connectivity index (χ2n) is 4.41. The fraction of sp³-hybridized carbons (Fsp3) is 0.133. The van der Waals surface area contributed by atoms with E-state index in [-0.39, 0.29) is 10.6 Å². The van der Waals surface area contributed by atoms with Crippen molar-refractivity contribution in [2.24, 2.45) is 0 Å². The molecule has 2 aromatic carbocycles. The van der Waals surface area contributed by atoms with Crippen LogP contribution in [0.2, 0.25) is 5.02 Å². The van der Waals surface area contributed by atoms with Gasteiger partial charge in [0.05, 0.1) is 16.3 Å². The summed E-state index contributed by atoms with van der Waals surface area (Å²) in [5.74, 6) is -1.08. The number of nitrogen functional groups attached to an aromatic ring is 1. The smallest absolute Gasteiger partial charge is 0.337 e. The van der Waals surface area contributed by atoms with E-state index >= 15 is 0 Å². The molecule has 4 N–H and O–H groups in total. The third-order valence-corrected chi connectivity index (χ3v) is 3.27. The Kier molecular flexibility index (Phi) is 4.15. The zero-order valence-electron chi connectivity index (χ0n) is 11.0. The van der Waals surface area contributed by atoms with Crippen LogP contribution in [0.15, 0.2) is 36.4 Å². The SMILES string of the molecule is CCc1ccc(Nc2c(Cl)cc(N)cc2C(=O)O)cc1. The lowest BCUT2D eigenvalue weighted by Crippen LogP contribution is -2.05. The van der Waals surface area contributed by atoms with Crippen LogP contribution in [0.3, 0.4) is 0 Å². The number of nitrogens with one attached hydrogen (secondary N) is 1. The zero-order valence-corrected chi connectivity index (χ0v) is 11.7. The molecule has 0 saturated heterocycles. The van der Waals surface area contributed by atoms with Gasteiger partial charge in [-0.3, -0.25) is 0 Å². The molecule has 0 unspecified atom stereocenters. The zero-order chi connectivity index (χ0) is 14.7. The van der Waals surface area contributed by atoms with E-state index in [0.717, 1.165) is 12.1 Å². The first-order valence-corrected chi connectivity index (χ1v) is 6.57. The standard InChI is InChI=1S/C15H15ClN2O2/c1-2-9-3-5-11(6-4-9)18-14-12(15(19)20)7-10(17)8-13(14)16/h3-8,18H,2,17H2,1H3,(H,19,20). The van der Waals surface area contributed by atoms with E-state index in [2.05, 4.69) is 12.2 Å². The number of carbonyl (C=O) groups is 1. The van der Waals surface area contributed by atoms with E-state index in [9.17, 15) is 9.90 Å². The summed E-state index contributed by atoms with van der Waals surface area (Å²) in [6.07, 6.45) is 0.948.